The lowest BCUT2D eigenvalue weighted by molar-refractivity contribution is 0.241. The van der Waals surface area contributed by atoms with Crippen LogP contribution in [-0.2, 0) is 13.0 Å². The van der Waals surface area contributed by atoms with Crippen molar-refractivity contribution in [3.8, 4) is 0 Å². The summed E-state index contributed by atoms with van der Waals surface area (Å²) in [5.41, 5.74) is 2.43. The first-order valence-corrected chi connectivity index (χ1v) is 11.0. The number of benzene rings is 1. The molecule has 6 nitrogen and oxygen atoms in total. The number of aliphatic hydroxyl groups is 1. The van der Waals surface area contributed by atoms with Gasteiger partial charge in [0.2, 0.25) is 0 Å². The number of fused-ring (bicyclic) bond motifs is 3. The highest BCUT2D eigenvalue weighted by molar-refractivity contribution is 7.19. The molecule has 0 amide bonds. The van der Waals surface area contributed by atoms with E-state index in [-0.39, 0.29) is 12.6 Å². The third-order valence-electron chi connectivity index (χ3n) is 5.49. The minimum Gasteiger partial charge on any atom is -0.394 e. The van der Waals surface area contributed by atoms with Crippen LogP contribution in [0.5, 0.6) is 0 Å². The lowest BCUT2D eigenvalue weighted by atomic mass is 10.0. The molecule has 0 fully saturated rings. The summed E-state index contributed by atoms with van der Waals surface area (Å²) in [7, 11) is 4.26. The van der Waals surface area contributed by atoms with E-state index in [9.17, 15) is 5.11 Å². The van der Waals surface area contributed by atoms with Crippen LogP contribution in [0.1, 0.15) is 28.5 Å². The molecular weight excluding hydrogens is 382 g/mol. The first-order valence-electron chi connectivity index (χ1n) is 10.2. The predicted molar refractivity (Wildman–Crippen MR) is 119 cm³/mol. The maximum absolute atomic E-state index is 9.94. The Morgan fingerprint density at radius 3 is 2.83 bits per heavy atom. The van der Waals surface area contributed by atoms with Gasteiger partial charge in [0, 0.05) is 18.0 Å². The SMILES string of the molecule is CN(C)CCCN1CCc2c(sc3ncnc(N[C@H](CO)c4ccccc4)c23)C1. The summed E-state index contributed by atoms with van der Waals surface area (Å²) >= 11 is 1.78. The van der Waals surface area contributed by atoms with Crippen LogP contribution in [0, 0.1) is 0 Å². The second-order valence-corrected chi connectivity index (χ2v) is 8.96. The van der Waals surface area contributed by atoms with Gasteiger partial charge in [-0.15, -0.1) is 11.3 Å². The van der Waals surface area contributed by atoms with Crippen molar-refractivity contribution in [3.63, 3.8) is 0 Å². The molecule has 0 aliphatic carbocycles. The van der Waals surface area contributed by atoms with Gasteiger partial charge in [0.25, 0.3) is 0 Å². The zero-order valence-corrected chi connectivity index (χ0v) is 18.0. The zero-order chi connectivity index (χ0) is 20.2. The van der Waals surface area contributed by atoms with E-state index in [1.165, 1.54) is 16.9 Å². The van der Waals surface area contributed by atoms with Crippen LogP contribution in [0.4, 0.5) is 5.82 Å². The third-order valence-corrected chi connectivity index (χ3v) is 6.62. The van der Waals surface area contributed by atoms with Gasteiger partial charge in [-0.25, -0.2) is 9.97 Å². The molecule has 0 saturated carbocycles. The van der Waals surface area contributed by atoms with Crippen LogP contribution in [0.25, 0.3) is 10.2 Å². The second-order valence-electron chi connectivity index (χ2n) is 7.88. The van der Waals surface area contributed by atoms with Crippen molar-refractivity contribution in [3.05, 3.63) is 52.7 Å². The molecular formula is C22H29N5OS. The number of hydrogen-bond donors (Lipinski definition) is 2. The summed E-state index contributed by atoms with van der Waals surface area (Å²) in [6.45, 7) is 4.33. The van der Waals surface area contributed by atoms with Crippen molar-refractivity contribution >= 4 is 27.4 Å². The summed E-state index contributed by atoms with van der Waals surface area (Å²) < 4.78 is 0. The summed E-state index contributed by atoms with van der Waals surface area (Å²) in [6.07, 6.45) is 3.84. The number of anilines is 1. The van der Waals surface area contributed by atoms with E-state index in [0.717, 1.165) is 54.2 Å². The highest BCUT2D eigenvalue weighted by Gasteiger charge is 2.24. The molecule has 7 heteroatoms. The number of rotatable bonds is 8. The van der Waals surface area contributed by atoms with Crippen LogP contribution in [-0.4, -0.2) is 65.2 Å². The molecule has 1 aliphatic rings. The molecule has 0 unspecified atom stereocenters. The Labute approximate surface area is 176 Å². The normalized spacial score (nSPS) is 15.6. The van der Waals surface area contributed by atoms with Gasteiger partial charge in [-0.05, 0) is 51.2 Å². The van der Waals surface area contributed by atoms with Gasteiger partial charge >= 0.3 is 0 Å². The van der Waals surface area contributed by atoms with Crippen molar-refractivity contribution in [2.45, 2.75) is 25.4 Å². The van der Waals surface area contributed by atoms with E-state index in [2.05, 4.69) is 39.2 Å². The summed E-state index contributed by atoms with van der Waals surface area (Å²) in [6, 6.07) is 9.84. The van der Waals surface area contributed by atoms with E-state index in [1.807, 2.05) is 30.3 Å². The van der Waals surface area contributed by atoms with Crippen molar-refractivity contribution in [2.75, 3.05) is 45.7 Å². The molecule has 2 aromatic heterocycles. The molecule has 1 atom stereocenters. The predicted octanol–water partition coefficient (Wildman–Crippen LogP) is 3.15. The van der Waals surface area contributed by atoms with Gasteiger partial charge in [-0.3, -0.25) is 4.90 Å². The fourth-order valence-corrected chi connectivity index (χ4v) is 5.21. The van der Waals surface area contributed by atoms with Crippen molar-refractivity contribution in [1.29, 1.82) is 0 Å². The second kappa shape index (κ2) is 9.17. The quantitative estimate of drug-likeness (QED) is 0.594. The van der Waals surface area contributed by atoms with Gasteiger partial charge in [-0.1, -0.05) is 30.3 Å². The van der Waals surface area contributed by atoms with Crippen molar-refractivity contribution < 1.29 is 5.11 Å². The molecule has 29 heavy (non-hydrogen) atoms. The largest absolute Gasteiger partial charge is 0.394 e. The van der Waals surface area contributed by atoms with Crippen LogP contribution in [0.3, 0.4) is 0 Å². The fourth-order valence-electron chi connectivity index (χ4n) is 3.98. The summed E-state index contributed by atoms with van der Waals surface area (Å²) in [5.74, 6) is 0.830. The average Bonchev–Trinajstić information content (AvgIpc) is 3.11. The molecule has 1 aliphatic heterocycles. The first kappa shape index (κ1) is 20.2. The molecule has 0 saturated heterocycles. The smallest absolute Gasteiger partial charge is 0.139 e. The van der Waals surface area contributed by atoms with Crippen LogP contribution in [0.2, 0.25) is 0 Å². The third kappa shape index (κ3) is 4.59. The van der Waals surface area contributed by atoms with Crippen LogP contribution >= 0.6 is 11.3 Å². The average molecular weight is 412 g/mol. The Hall–Kier alpha value is -2.06. The minimum atomic E-state index is -0.184. The molecule has 1 aromatic carbocycles. The molecule has 154 valence electrons. The van der Waals surface area contributed by atoms with Gasteiger partial charge in [0.05, 0.1) is 18.0 Å². The Morgan fingerprint density at radius 2 is 2.07 bits per heavy atom. The molecule has 0 spiro atoms. The van der Waals surface area contributed by atoms with E-state index >= 15 is 0 Å². The maximum Gasteiger partial charge on any atom is 0.139 e. The van der Waals surface area contributed by atoms with Gasteiger partial charge < -0.3 is 15.3 Å². The lowest BCUT2D eigenvalue weighted by Crippen LogP contribution is -2.32. The molecule has 0 radical (unpaired) electrons. The number of nitrogens with one attached hydrogen (secondary N) is 1. The highest BCUT2D eigenvalue weighted by atomic mass is 32.1. The minimum absolute atomic E-state index is 0.0154. The van der Waals surface area contributed by atoms with Gasteiger partial charge in [-0.2, -0.15) is 0 Å². The van der Waals surface area contributed by atoms with E-state index in [1.54, 1.807) is 17.7 Å². The number of nitrogens with zero attached hydrogens (tertiary/aromatic N) is 4. The Bertz CT molecular complexity index is 943. The molecule has 3 heterocycles. The Kier molecular flexibility index (Phi) is 6.40. The first-order chi connectivity index (χ1) is 14.2. The van der Waals surface area contributed by atoms with Gasteiger partial charge in [0.1, 0.15) is 17.0 Å². The molecule has 0 bridgehead atoms. The summed E-state index contributed by atoms with van der Waals surface area (Å²) in [4.78, 5) is 16.3. The zero-order valence-electron chi connectivity index (χ0n) is 17.1. The maximum atomic E-state index is 9.94. The Balaban J connectivity index is 1.56. The van der Waals surface area contributed by atoms with Crippen LogP contribution < -0.4 is 5.32 Å². The van der Waals surface area contributed by atoms with E-state index < -0.39 is 0 Å². The topological polar surface area (TPSA) is 64.5 Å². The summed E-state index contributed by atoms with van der Waals surface area (Å²) in [5, 5.41) is 14.5. The van der Waals surface area contributed by atoms with E-state index in [0.29, 0.717) is 0 Å². The number of thiophene rings is 1. The number of aromatic nitrogens is 2. The highest BCUT2D eigenvalue weighted by Crippen LogP contribution is 2.38. The molecule has 4 rings (SSSR count). The van der Waals surface area contributed by atoms with Crippen molar-refractivity contribution in [2.24, 2.45) is 0 Å². The van der Waals surface area contributed by atoms with Crippen molar-refractivity contribution in [1.82, 2.24) is 19.8 Å². The van der Waals surface area contributed by atoms with Crippen LogP contribution in [0.15, 0.2) is 36.7 Å². The Morgan fingerprint density at radius 1 is 1.24 bits per heavy atom. The monoisotopic (exact) mass is 411 g/mol. The van der Waals surface area contributed by atoms with Gasteiger partial charge in [0.15, 0.2) is 0 Å². The molecule has 2 N–H and O–H groups in total. The standard InChI is InChI=1S/C22H29N5OS/c1-26(2)10-6-11-27-12-9-17-19(13-27)29-22-20(17)21(23-15-24-22)25-18(14-28)16-7-4-3-5-8-16/h3-5,7-8,15,18,28H,6,9-14H2,1-2H3,(H,23,24,25)/t18-/m1/s1. The lowest BCUT2D eigenvalue weighted by Gasteiger charge is -2.27. The number of aliphatic hydroxyl groups excluding tert-OH is 1. The van der Waals surface area contributed by atoms with E-state index in [4.69, 9.17) is 0 Å². The molecule has 3 aromatic rings. The number of hydrogen-bond acceptors (Lipinski definition) is 7. The fraction of sp³-hybridized carbons (Fsp3) is 0.455.